The molecule has 3 rings (SSSR count). The van der Waals surface area contributed by atoms with E-state index >= 15 is 0 Å². The second-order valence-corrected chi connectivity index (χ2v) is 7.66. The van der Waals surface area contributed by atoms with Crippen molar-refractivity contribution in [1.82, 2.24) is 0 Å². The fourth-order valence-corrected chi connectivity index (χ4v) is 3.64. The maximum atomic E-state index is 12.1. The molecule has 3 aromatic rings. The van der Waals surface area contributed by atoms with Gasteiger partial charge in [-0.05, 0) is 48.6 Å². The Bertz CT molecular complexity index is 977. The average molecular weight is 435 g/mol. The zero-order chi connectivity index (χ0) is 22.8. The van der Waals surface area contributed by atoms with Crippen LogP contribution in [0.4, 0.5) is 0 Å². The molecule has 0 radical (unpaired) electrons. The number of carbonyl (C=O) groups is 1. The van der Waals surface area contributed by atoms with E-state index in [1.54, 1.807) is 18.2 Å². The van der Waals surface area contributed by atoms with Gasteiger partial charge in [0, 0.05) is 18.6 Å². The Balaban J connectivity index is 1.56. The van der Waals surface area contributed by atoms with Gasteiger partial charge in [0.25, 0.3) is 0 Å². The highest BCUT2D eigenvalue weighted by atomic mass is 16.5. The predicted octanol–water partition coefficient (Wildman–Crippen LogP) is 4.07. The van der Waals surface area contributed by atoms with Gasteiger partial charge < -0.3 is 20.4 Å². The molecular formula is C26H30N2O4. The fourth-order valence-electron chi connectivity index (χ4n) is 3.64. The number of rotatable bonds is 11. The Morgan fingerprint density at radius 1 is 1.03 bits per heavy atom. The normalized spacial score (nSPS) is 12.7. The smallest absolute Gasteiger partial charge is 0.306 e. The van der Waals surface area contributed by atoms with Crippen LogP contribution in [-0.2, 0) is 16.0 Å². The Labute approximate surface area is 189 Å². The Morgan fingerprint density at radius 2 is 1.75 bits per heavy atom. The van der Waals surface area contributed by atoms with Gasteiger partial charge in [0.1, 0.15) is 5.75 Å². The number of esters is 1. The summed E-state index contributed by atoms with van der Waals surface area (Å²) in [6.07, 6.45) is 3.04. The lowest BCUT2D eigenvalue weighted by Crippen LogP contribution is -2.35. The van der Waals surface area contributed by atoms with Gasteiger partial charge in [-0.15, -0.1) is 0 Å². The summed E-state index contributed by atoms with van der Waals surface area (Å²) in [5.41, 5.74) is 8.88. The van der Waals surface area contributed by atoms with Crippen molar-refractivity contribution in [2.24, 2.45) is 5.73 Å². The first-order chi connectivity index (χ1) is 15.6. The van der Waals surface area contributed by atoms with E-state index < -0.39 is 0 Å². The molecule has 2 aromatic carbocycles. The number of carbonyl (C=O) groups excluding carboxylic acids is 1. The molecule has 1 aromatic heterocycles. The molecule has 0 saturated heterocycles. The highest BCUT2D eigenvalue weighted by Gasteiger charge is 2.18. The molecule has 0 amide bonds. The number of pyridine rings is 1. The van der Waals surface area contributed by atoms with E-state index in [1.807, 2.05) is 61.5 Å². The van der Waals surface area contributed by atoms with Gasteiger partial charge in [-0.2, -0.15) is 4.73 Å². The van der Waals surface area contributed by atoms with Crippen molar-refractivity contribution in [1.29, 1.82) is 0 Å². The maximum Gasteiger partial charge on any atom is 0.306 e. The molecular weight excluding hydrogens is 404 g/mol. The van der Waals surface area contributed by atoms with E-state index in [2.05, 4.69) is 0 Å². The van der Waals surface area contributed by atoms with Crippen LogP contribution in [0.2, 0.25) is 0 Å². The molecule has 0 aliphatic heterocycles. The van der Waals surface area contributed by atoms with Crippen LogP contribution in [0.25, 0.3) is 0 Å². The molecule has 2 unspecified atom stereocenters. The van der Waals surface area contributed by atoms with Crippen LogP contribution in [0.3, 0.4) is 0 Å². The van der Waals surface area contributed by atoms with Gasteiger partial charge in [0.15, 0.2) is 6.20 Å². The quantitative estimate of drug-likeness (QED) is 0.279. The van der Waals surface area contributed by atoms with Crippen LogP contribution in [0, 0.1) is 5.21 Å². The van der Waals surface area contributed by atoms with Crippen LogP contribution in [0.1, 0.15) is 48.5 Å². The van der Waals surface area contributed by atoms with E-state index in [0.717, 1.165) is 28.0 Å². The Morgan fingerprint density at radius 3 is 2.44 bits per heavy atom. The van der Waals surface area contributed by atoms with Crippen molar-refractivity contribution in [2.45, 2.75) is 38.1 Å². The first kappa shape index (κ1) is 23.3. The number of benzene rings is 2. The summed E-state index contributed by atoms with van der Waals surface area (Å²) >= 11 is 0. The lowest BCUT2D eigenvalue weighted by Gasteiger charge is -2.17. The molecule has 168 valence electrons. The third kappa shape index (κ3) is 6.82. The molecule has 0 aliphatic rings. The lowest BCUT2D eigenvalue weighted by molar-refractivity contribution is -0.615. The van der Waals surface area contributed by atoms with Gasteiger partial charge in [0.2, 0.25) is 5.69 Å². The molecule has 2 atom stereocenters. The summed E-state index contributed by atoms with van der Waals surface area (Å²) in [6, 6.07) is 22.7. The van der Waals surface area contributed by atoms with Crippen LogP contribution in [0.15, 0.2) is 79.0 Å². The number of ether oxygens (including phenoxy) is 2. The summed E-state index contributed by atoms with van der Waals surface area (Å²) in [5.74, 6) is 0.603. The standard InChI is InChI=1S/C26H30N2O4/c1-2-31-26(29)19-22(21-8-4-3-5-9-21)18-20-11-13-23(14-12-20)32-17-15-24(27)25-10-6-7-16-28(25)30/h3-14,16,22,24H,2,15,17-19,27H2,1H3. The number of aromatic nitrogens is 1. The topological polar surface area (TPSA) is 88.5 Å². The molecule has 6 nitrogen and oxygen atoms in total. The first-order valence-electron chi connectivity index (χ1n) is 10.9. The summed E-state index contributed by atoms with van der Waals surface area (Å²) in [7, 11) is 0. The van der Waals surface area contributed by atoms with Crippen molar-refractivity contribution in [3.05, 3.63) is 101 Å². The van der Waals surface area contributed by atoms with Crippen LogP contribution in [-0.4, -0.2) is 19.2 Å². The van der Waals surface area contributed by atoms with E-state index in [4.69, 9.17) is 15.2 Å². The predicted molar refractivity (Wildman–Crippen MR) is 123 cm³/mol. The third-order valence-corrected chi connectivity index (χ3v) is 5.33. The molecule has 0 bridgehead atoms. The maximum absolute atomic E-state index is 12.1. The zero-order valence-electron chi connectivity index (χ0n) is 18.4. The number of hydrogen-bond acceptors (Lipinski definition) is 5. The van der Waals surface area contributed by atoms with Crippen molar-refractivity contribution < 1.29 is 19.0 Å². The summed E-state index contributed by atoms with van der Waals surface area (Å²) in [5, 5.41) is 11.8. The van der Waals surface area contributed by atoms with Crippen molar-refractivity contribution in [3.8, 4) is 5.75 Å². The Hall–Kier alpha value is -3.38. The van der Waals surface area contributed by atoms with Gasteiger partial charge in [0.05, 0.1) is 25.7 Å². The minimum absolute atomic E-state index is 0.0460. The highest BCUT2D eigenvalue weighted by molar-refractivity contribution is 5.70. The van der Waals surface area contributed by atoms with Crippen molar-refractivity contribution in [2.75, 3.05) is 13.2 Å². The Kier molecular flexibility index (Phi) is 8.63. The highest BCUT2D eigenvalue weighted by Crippen LogP contribution is 2.26. The minimum atomic E-state index is -0.387. The summed E-state index contributed by atoms with van der Waals surface area (Å²) in [6.45, 7) is 2.61. The monoisotopic (exact) mass is 434 g/mol. The minimum Gasteiger partial charge on any atom is -0.618 e. The largest absolute Gasteiger partial charge is 0.618 e. The number of nitrogens with two attached hydrogens (primary N) is 1. The second kappa shape index (κ2) is 11.9. The molecule has 0 aliphatic carbocycles. The molecule has 2 N–H and O–H groups in total. The molecule has 0 saturated carbocycles. The lowest BCUT2D eigenvalue weighted by atomic mass is 9.89. The molecule has 0 fully saturated rings. The van der Waals surface area contributed by atoms with E-state index in [9.17, 15) is 10.0 Å². The average Bonchev–Trinajstić information content (AvgIpc) is 2.81. The van der Waals surface area contributed by atoms with Crippen molar-refractivity contribution in [3.63, 3.8) is 0 Å². The molecule has 1 heterocycles. The summed E-state index contributed by atoms with van der Waals surface area (Å²) in [4.78, 5) is 12.1. The van der Waals surface area contributed by atoms with Gasteiger partial charge in [-0.3, -0.25) is 4.79 Å². The van der Waals surface area contributed by atoms with E-state index in [0.29, 0.717) is 31.7 Å². The van der Waals surface area contributed by atoms with Crippen LogP contribution < -0.4 is 15.2 Å². The SMILES string of the molecule is CCOC(=O)CC(Cc1ccc(OCCC(N)c2cccc[n+]2[O-])cc1)c1ccccc1. The van der Waals surface area contributed by atoms with Crippen LogP contribution in [0.5, 0.6) is 5.75 Å². The number of nitrogens with zero attached hydrogens (tertiary/aromatic N) is 1. The third-order valence-electron chi connectivity index (χ3n) is 5.33. The fraction of sp³-hybridized carbons (Fsp3) is 0.308. The van der Waals surface area contributed by atoms with Gasteiger partial charge in [-0.1, -0.05) is 42.5 Å². The van der Waals surface area contributed by atoms with E-state index in [-0.39, 0.29) is 17.9 Å². The molecule has 0 spiro atoms. The van der Waals surface area contributed by atoms with E-state index in [1.165, 1.54) is 6.20 Å². The number of hydrogen-bond donors (Lipinski definition) is 1. The van der Waals surface area contributed by atoms with Crippen LogP contribution >= 0.6 is 0 Å². The summed E-state index contributed by atoms with van der Waals surface area (Å²) < 4.78 is 11.8. The second-order valence-electron chi connectivity index (χ2n) is 7.66. The zero-order valence-corrected chi connectivity index (χ0v) is 18.4. The molecule has 32 heavy (non-hydrogen) atoms. The van der Waals surface area contributed by atoms with Crippen molar-refractivity contribution >= 4 is 5.97 Å². The van der Waals surface area contributed by atoms with Gasteiger partial charge >= 0.3 is 5.97 Å². The molecule has 6 heteroatoms. The van der Waals surface area contributed by atoms with Gasteiger partial charge in [-0.25, -0.2) is 0 Å². The first-order valence-corrected chi connectivity index (χ1v) is 10.9.